The summed E-state index contributed by atoms with van der Waals surface area (Å²) in [7, 11) is 2.18. The molecule has 0 saturated carbocycles. The molecular formula is C12H28N4. The van der Waals surface area contributed by atoms with E-state index in [0.717, 1.165) is 45.6 Å². The average molecular weight is 228 g/mol. The zero-order valence-electron chi connectivity index (χ0n) is 11.1. The highest BCUT2D eigenvalue weighted by Gasteiger charge is 2.28. The third kappa shape index (κ3) is 3.70. The maximum atomic E-state index is 5.95. The lowest BCUT2D eigenvalue weighted by molar-refractivity contribution is 0.0492. The molecule has 0 aromatic carbocycles. The van der Waals surface area contributed by atoms with E-state index < -0.39 is 0 Å². The van der Waals surface area contributed by atoms with Crippen LogP contribution in [0.3, 0.4) is 0 Å². The summed E-state index contributed by atoms with van der Waals surface area (Å²) in [6.45, 7) is 9.66. The van der Waals surface area contributed by atoms with Gasteiger partial charge in [-0.2, -0.15) is 0 Å². The Bertz CT molecular complexity index is 183. The molecule has 0 bridgehead atoms. The van der Waals surface area contributed by atoms with Crippen molar-refractivity contribution in [3.8, 4) is 0 Å². The fraction of sp³-hybridized carbons (Fsp3) is 1.00. The molecule has 0 radical (unpaired) electrons. The van der Waals surface area contributed by atoms with Crippen molar-refractivity contribution in [3.05, 3.63) is 0 Å². The Kier molecular flexibility index (Phi) is 5.69. The molecule has 1 unspecified atom stereocenters. The lowest BCUT2D eigenvalue weighted by Gasteiger charge is -2.41. The van der Waals surface area contributed by atoms with E-state index in [1.54, 1.807) is 0 Å². The van der Waals surface area contributed by atoms with E-state index in [1.165, 1.54) is 6.42 Å². The standard InChI is InChI=1S/C12H28N4/c1-4-6-12(5-2,11-13)14-16-9-7-15(3)8-10-16/h14H,4-11,13H2,1-3H3. The van der Waals surface area contributed by atoms with Crippen LogP contribution in [-0.4, -0.2) is 55.2 Å². The molecule has 4 heteroatoms. The van der Waals surface area contributed by atoms with Crippen molar-refractivity contribution >= 4 is 0 Å². The maximum absolute atomic E-state index is 5.95. The summed E-state index contributed by atoms with van der Waals surface area (Å²) in [5.41, 5.74) is 9.74. The number of piperazine rings is 1. The number of hydrogen-bond acceptors (Lipinski definition) is 4. The summed E-state index contributed by atoms with van der Waals surface area (Å²) in [6, 6.07) is 0. The van der Waals surface area contributed by atoms with Crippen LogP contribution in [0.15, 0.2) is 0 Å². The zero-order chi connectivity index (χ0) is 12.0. The zero-order valence-corrected chi connectivity index (χ0v) is 11.1. The summed E-state index contributed by atoms with van der Waals surface area (Å²) in [5, 5.41) is 2.35. The SMILES string of the molecule is CCCC(CC)(CN)NN1CCN(C)CC1. The van der Waals surface area contributed by atoms with Crippen LogP contribution in [0, 0.1) is 0 Å². The molecule has 1 fully saturated rings. The van der Waals surface area contributed by atoms with Crippen molar-refractivity contribution < 1.29 is 0 Å². The third-order valence-electron chi connectivity index (χ3n) is 3.69. The van der Waals surface area contributed by atoms with Crippen LogP contribution in [0.25, 0.3) is 0 Å². The smallest absolute Gasteiger partial charge is 0.0445 e. The first-order valence-corrected chi connectivity index (χ1v) is 6.57. The van der Waals surface area contributed by atoms with E-state index in [0.29, 0.717) is 0 Å². The summed E-state index contributed by atoms with van der Waals surface area (Å²) in [5.74, 6) is 0. The van der Waals surface area contributed by atoms with Crippen LogP contribution in [0.4, 0.5) is 0 Å². The molecule has 1 heterocycles. The summed E-state index contributed by atoms with van der Waals surface area (Å²) in [4.78, 5) is 2.37. The molecule has 4 nitrogen and oxygen atoms in total. The van der Waals surface area contributed by atoms with Crippen LogP contribution in [0.2, 0.25) is 0 Å². The van der Waals surface area contributed by atoms with Gasteiger partial charge in [-0.15, -0.1) is 0 Å². The quantitative estimate of drug-likeness (QED) is 0.700. The third-order valence-corrected chi connectivity index (χ3v) is 3.69. The van der Waals surface area contributed by atoms with Gasteiger partial charge in [0.2, 0.25) is 0 Å². The second kappa shape index (κ2) is 6.55. The molecule has 16 heavy (non-hydrogen) atoms. The number of nitrogens with two attached hydrogens (primary N) is 1. The molecule has 96 valence electrons. The van der Waals surface area contributed by atoms with Gasteiger partial charge >= 0.3 is 0 Å². The summed E-state index contributed by atoms with van der Waals surface area (Å²) < 4.78 is 0. The molecule has 3 N–H and O–H groups in total. The molecule has 0 spiro atoms. The number of rotatable bonds is 6. The van der Waals surface area contributed by atoms with E-state index in [1.807, 2.05) is 0 Å². The van der Waals surface area contributed by atoms with Gasteiger partial charge in [-0.3, -0.25) is 0 Å². The summed E-state index contributed by atoms with van der Waals surface area (Å²) in [6.07, 6.45) is 3.45. The molecule has 0 amide bonds. The van der Waals surface area contributed by atoms with E-state index >= 15 is 0 Å². The highest BCUT2D eigenvalue weighted by molar-refractivity contribution is 4.87. The summed E-state index contributed by atoms with van der Waals surface area (Å²) >= 11 is 0. The molecule has 0 aromatic heterocycles. The Labute approximate surface area is 100 Å². The molecule has 1 aliphatic heterocycles. The highest BCUT2D eigenvalue weighted by Crippen LogP contribution is 2.17. The number of nitrogens with one attached hydrogen (secondary N) is 1. The van der Waals surface area contributed by atoms with Gasteiger partial charge < -0.3 is 10.6 Å². The van der Waals surface area contributed by atoms with Crippen LogP contribution < -0.4 is 11.2 Å². The molecule has 1 atom stereocenters. The van der Waals surface area contributed by atoms with Gasteiger partial charge in [-0.1, -0.05) is 20.3 Å². The van der Waals surface area contributed by atoms with Gasteiger partial charge in [0.05, 0.1) is 0 Å². The van der Waals surface area contributed by atoms with Gasteiger partial charge in [0.1, 0.15) is 0 Å². The highest BCUT2D eigenvalue weighted by atomic mass is 15.5. The van der Waals surface area contributed by atoms with Crippen LogP contribution in [0.5, 0.6) is 0 Å². The number of hydrogen-bond donors (Lipinski definition) is 2. The van der Waals surface area contributed by atoms with Gasteiger partial charge in [0.25, 0.3) is 0 Å². The monoisotopic (exact) mass is 228 g/mol. The molecule has 1 saturated heterocycles. The van der Waals surface area contributed by atoms with Crippen LogP contribution >= 0.6 is 0 Å². The number of hydrazine groups is 1. The molecular weight excluding hydrogens is 200 g/mol. The Morgan fingerprint density at radius 1 is 1.19 bits per heavy atom. The Balaban J connectivity index is 2.47. The predicted octanol–water partition coefficient (Wildman–Crippen LogP) is 0.646. The van der Waals surface area contributed by atoms with Crippen molar-refractivity contribution in [1.82, 2.24) is 15.3 Å². The lowest BCUT2D eigenvalue weighted by Crippen LogP contribution is -2.61. The van der Waals surface area contributed by atoms with E-state index in [9.17, 15) is 0 Å². The molecule has 1 rings (SSSR count). The molecule has 0 aliphatic carbocycles. The van der Waals surface area contributed by atoms with Crippen molar-refractivity contribution in [2.45, 2.75) is 38.6 Å². The van der Waals surface area contributed by atoms with E-state index in [-0.39, 0.29) is 5.54 Å². The molecule has 1 aliphatic rings. The molecule has 0 aromatic rings. The van der Waals surface area contributed by atoms with Crippen molar-refractivity contribution in [1.29, 1.82) is 0 Å². The topological polar surface area (TPSA) is 44.5 Å². The Hall–Kier alpha value is -0.160. The number of likely N-dealkylation sites (N-methyl/N-ethyl adjacent to an activating group) is 1. The number of nitrogens with zero attached hydrogens (tertiary/aromatic N) is 2. The Morgan fingerprint density at radius 3 is 2.25 bits per heavy atom. The van der Waals surface area contributed by atoms with Gasteiger partial charge in [0.15, 0.2) is 0 Å². The minimum atomic E-state index is 0.116. The van der Waals surface area contributed by atoms with E-state index in [4.69, 9.17) is 5.73 Å². The largest absolute Gasteiger partial charge is 0.329 e. The first kappa shape index (κ1) is 13.9. The van der Waals surface area contributed by atoms with Gasteiger partial charge in [-0.05, 0) is 19.9 Å². The van der Waals surface area contributed by atoms with Crippen LogP contribution in [-0.2, 0) is 0 Å². The van der Waals surface area contributed by atoms with E-state index in [2.05, 4.69) is 36.2 Å². The van der Waals surface area contributed by atoms with Gasteiger partial charge in [0, 0.05) is 38.3 Å². The fourth-order valence-electron chi connectivity index (χ4n) is 2.34. The second-order valence-electron chi connectivity index (χ2n) is 4.99. The minimum absolute atomic E-state index is 0.116. The maximum Gasteiger partial charge on any atom is 0.0445 e. The first-order valence-electron chi connectivity index (χ1n) is 6.57. The van der Waals surface area contributed by atoms with Crippen LogP contribution in [0.1, 0.15) is 33.1 Å². The van der Waals surface area contributed by atoms with Gasteiger partial charge in [-0.25, -0.2) is 10.4 Å². The fourth-order valence-corrected chi connectivity index (χ4v) is 2.34. The first-order chi connectivity index (χ1) is 7.65. The Morgan fingerprint density at radius 2 is 1.81 bits per heavy atom. The second-order valence-corrected chi connectivity index (χ2v) is 4.99. The average Bonchev–Trinajstić information content (AvgIpc) is 2.31. The van der Waals surface area contributed by atoms with Crippen molar-refractivity contribution in [2.75, 3.05) is 39.8 Å². The normalized spacial score (nSPS) is 23.2. The minimum Gasteiger partial charge on any atom is -0.329 e. The van der Waals surface area contributed by atoms with Crippen molar-refractivity contribution in [3.63, 3.8) is 0 Å². The van der Waals surface area contributed by atoms with Crippen molar-refractivity contribution in [2.24, 2.45) is 5.73 Å². The lowest BCUT2D eigenvalue weighted by atomic mass is 9.91. The predicted molar refractivity (Wildman–Crippen MR) is 69.2 cm³/mol.